The molecular weight excluding hydrogens is 462 g/mol. The monoisotopic (exact) mass is 485 g/mol. The normalized spacial score (nSPS) is 14.6. The number of nitro benzene ring substituents is 1. The smallest absolute Gasteiger partial charge is 0.269 e. The van der Waals surface area contributed by atoms with Crippen LogP contribution in [0, 0.1) is 10.1 Å². The van der Waals surface area contributed by atoms with Crippen LogP contribution < -0.4 is 14.4 Å². The van der Waals surface area contributed by atoms with Gasteiger partial charge in [0.05, 0.1) is 29.7 Å². The first-order valence-electron chi connectivity index (χ1n) is 10.4. The van der Waals surface area contributed by atoms with Crippen molar-refractivity contribution >= 4 is 21.5 Å². The molecule has 0 unspecified atom stereocenters. The van der Waals surface area contributed by atoms with Gasteiger partial charge in [0.15, 0.2) is 5.82 Å². The Bertz CT molecular complexity index is 1270. The van der Waals surface area contributed by atoms with Gasteiger partial charge in [-0.1, -0.05) is 0 Å². The van der Waals surface area contributed by atoms with Gasteiger partial charge in [-0.2, -0.15) is 4.31 Å². The molecule has 0 atom stereocenters. The van der Waals surface area contributed by atoms with E-state index < -0.39 is 14.9 Å². The van der Waals surface area contributed by atoms with Gasteiger partial charge < -0.3 is 14.4 Å². The van der Waals surface area contributed by atoms with Crippen LogP contribution in [-0.4, -0.2) is 68.2 Å². The Balaban J connectivity index is 1.45. The lowest BCUT2D eigenvalue weighted by molar-refractivity contribution is -0.384. The number of benzene rings is 2. The highest BCUT2D eigenvalue weighted by Gasteiger charge is 2.29. The van der Waals surface area contributed by atoms with Crippen molar-refractivity contribution in [3.63, 3.8) is 0 Å². The number of ether oxygens (including phenoxy) is 2. The van der Waals surface area contributed by atoms with Crippen LogP contribution in [-0.2, 0) is 10.0 Å². The van der Waals surface area contributed by atoms with E-state index in [-0.39, 0.29) is 23.7 Å². The second-order valence-corrected chi connectivity index (χ2v) is 9.42. The van der Waals surface area contributed by atoms with Gasteiger partial charge >= 0.3 is 0 Å². The topological polar surface area (TPSA) is 128 Å². The molecule has 1 aromatic heterocycles. The molecule has 2 heterocycles. The molecule has 12 heteroatoms. The molecule has 1 saturated heterocycles. The number of non-ortho nitro benzene ring substituents is 1. The number of hydrogen-bond acceptors (Lipinski definition) is 9. The van der Waals surface area contributed by atoms with Crippen molar-refractivity contribution in [3.05, 3.63) is 64.7 Å². The van der Waals surface area contributed by atoms with Gasteiger partial charge in [-0.15, -0.1) is 10.2 Å². The van der Waals surface area contributed by atoms with Crippen LogP contribution in [0.5, 0.6) is 11.5 Å². The first kappa shape index (κ1) is 23.4. The number of nitrogens with zero attached hydrogens (tertiary/aromatic N) is 5. The molecule has 0 aliphatic carbocycles. The zero-order chi connectivity index (χ0) is 24.3. The maximum atomic E-state index is 12.9. The van der Waals surface area contributed by atoms with Crippen LogP contribution in [0.3, 0.4) is 0 Å². The number of sulfonamides is 1. The van der Waals surface area contributed by atoms with Crippen LogP contribution in [0.2, 0.25) is 0 Å². The summed E-state index contributed by atoms with van der Waals surface area (Å²) >= 11 is 0. The van der Waals surface area contributed by atoms with E-state index in [4.69, 9.17) is 9.47 Å². The number of aromatic nitrogens is 2. The van der Waals surface area contributed by atoms with Crippen LogP contribution >= 0.6 is 0 Å². The average Bonchev–Trinajstić information content (AvgIpc) is 2.88. The average molecular weight is 486 g/mol. The number of methoxy groups -OCH3 is 2. The fourth-order valence-corrected chi connectivity index (χ4v) is 5.12. The van der Waals surface area contributed by atoms with Crippen molar-refractivity contribution in [2.45, 2.75) is 4.90 Å². The lowest BCUT2D eigenvalue weighted by atomic mass is 10.1. The summed E-state index contributed by atoms with van der Waals surface area (Å²) < 4.78 is 37.9. The van der Waals surface area contributed by atoms with Crippen molar-refractivity contribution in [3.8, 4) is 22.8 Å². The molecule has 1 fully saturated rings. The van der Waals surface area contributed by atoms with Gasteiger partial charge in [0.1, 0.15) is 11.5 Å². The minimum Gasteiger partial charge on any atom is -0.497 e. The Hall–Kier alpha value is -3.77. The van der Waals surface area contributed by atoms with Crippen LogP contribution in [0.4, 0.5) is 11.5 Å². The fraction of sp³-hybridized carbons (Fsp3) is 0.273. The molecule has 11 nitrogen and oxygen atoms in total. The van der Waals surface area contributed by atoms with Crippen molar-refractivity contribution in [2.75, 3.05) is 45.3 Å². The van der Waals surface area contributed by atoms with Gasteiger partial charge in [-0.3, -0.25) is 10.1 Å². The minimum atomic E-state index is -3.74. The lowest BCUT2D eigenvalue weighted by Gasteiger charge is -2.34. The number of hydrogen-bond donors (Lipinski definition) is 0. The molecule has 0 N–H and O–H groups in total. The third-order valence-electron chi connectivity index (χ3n) is 5.58. The highest BCUT2D eigenvalue weighted by Crippen LogP contribution is 2.32. The summed E-state index contributed by atoms with van der Waals surface area (Å²) in [6.07, 6.45) is 0. The van der Waals surface area contributed by atoms with E-state index in [2.05, 4.69) is 10.2 Å². The van der Waals surface area contributed by atoms with Gasteiger partial charge in [0.2, 0.25) is 10.0 Å². The maximum absolute atomic E-state index is 12.9. The lowest BCUT2D eigenvalue weighted by Crippen LogP contribution is -2.48. The Kier molecular flexibility index (Phi) is 6.61. The summed E-state index contributed by atoms with van der Waals surface area (Å²) in [6, 6.07) is 14.0. The van der Waals surface area contributed by atoms with E-state index >= 15 is 0 Å². The van der Waals surface area contributed by atoms with E-state index in [1.807, 2.05) is 23.1 Å². The Morgan fingerprint density at radius 1 is 0.912 bits per heavy atom. The van der Waals surface area contributed by atoms with E-state index in [0.29, 0.717) is 36.1 Å². The third kappa shape index (κ3) is 4.63. The maximum Gasteiger partial charge on any atom is 0.269 e. The summed E-state index contributed by atoms with van der Waals surface area (Å²) in [4.78, 5) is 12.2. The predicted octanol–water partition coefficient (Wildman–Crippen LogP) is 2.58. The van der Waals surface area contributed by atoms with Gasteiger partial charge in [0, 0.05) is 43.9 Å². The molecule has 0 saturated carbocycles. The molecule has 0 spiro atoms. The second-order valence-electron chi connectivity index (χ2n) is 7.49. The molecular formula is C22H23N5O6S. The largest absolute Gasteiger partial charge is 0.497 e. The zero-order valence-electron chi connectivity index (χ0n) is 18.6. The summed E-state index contributed by atoms with van der Waals surface area (Å²) in [7, 11) is -0.579. The van der Waals surface area contributed by atoms with Gasteiger partial charge in [0.25, 0.3) is 5.69 Å². The molecule has 1 aliphatic rings. The van der Waals surface area contributed by atoms with E-state index in [0.717, 1.165) is 5.56 Å². The number of nitro groups is 1. The van der Waals surface area contributed by atoms with E-state index in [1.165, 1.54) is 28.6 Å². The number of piperazine rings is 1. The molecule has 2 aromatic carbocycles. The first-order chi connectivity index (χ1) is 16.3. The van der Waals surface area contributed by atoms with Crippen molar-refractivity contribution in [1.29, 1.82) is 0 Å². The highest BCUT2D eigenvalue weighted by molar-refractivity contribution is 7.89. The molecule has 1 aliphatic heterocycles. The Morgan fingerprint density at radius 3 is 2.18 bits per heavy atom. The van der Waals surface area contributed by atoms with Crippen LogP contribution in [0.15, 0.2) is 59.5 Å². The predicted molar refractivity (Wildman–Crippen MR) is 125 cm³/mol. The van der Waals surface area contributed by atoms with Crippen molar-refractivity contribution < 1.29 is 22.8 Å². The van der Waals surface area contributed by atoms with Gasteiger partial charge in [-0.05, 0) is 42.5 Å². The fourth-order valence-electron chi connectivity index (χ4n) is 3.70. The summed E-state index contributed by atoms with van der Waals surface area (Å²) in [5.74, 6) is 1.96. The molecule has 4 rings (SSSR count). The molecule has 178 valence electrons. The second kappa shape index (κ2) is 9.61. The summed E-state index contributed by atoms with van der Waals surface area (Å²) in [5.41, 5.74) is 1.22. The molecule has 3 aromatic rings. The van der Waals surface area contributed by atoms with E-state index in [1.54, 1.807) is 26.4 Å². The zero-order valence-corrected chi connectivity index (χ0v) is 19.4. The Labute approximate surface area is 196 Å². The molecule has 34 heavy (non-hydrogen) atoms. The Morgan fingerprint density at radius 2 is 1.62 bits per heavy atom. The molecule has 0 bridgehead atoms. The SMILES string of the molecule is COc1ccc(OC)c(-c2ccc(N3CCN(S(=O)(=O)c4ccc([N+](=O)[O-])cc4)CC3)nn2)c1. The summed E-state index contributed by atoms with van der Waals surface area (Å²) in [5, 5.41) is 19.5. The number of anilines is 1. The van der Waals surface area contributed by atoms with Crippen LogP contribution in [0.25, 0.3) is 11.3 Å². The van der Waals surface area contributed by atoms with Gasteiger partial charge in [-0.25, -0.2) is 8.42 Å². The third-order valence-corrected chi connectivity index (χ3v) is 7.49. The first-order valence-corrected chi connectivity index (χ1v) is 11.8. The standard InChI is InChI=1S/C22H23N5O6S/c1-32-17-5-9-21(33-2)19(15-17)20-8-10-22(24-23-20)25-11-13-26(14-12-25)34(30,31)18-6-3-16(4-7-18)27(28)29/h3-10,15H,11-14H2,1-2H3. The molecule has 0 radical (unpaired) electrons. The highest BCUT2D eigenvalue weighted by atomic mass is 32.2. The minimum absolute atomic E-state index is 0.0305. The molecule has 0 amide bonds. The summed E-state index contributed by atoms with van der Waals surface area (Å²) in [6.45, 7) is 1.38. The number of rotatable bonds is 7. The van der Waals surface area contributed by atoms with Crippen molar-refractivity contribution in [2.24, 2.45) is 0 Å². The van der Waals surface area contributed by atoms with E-state index in [9.17, 15) is 18.5 Å². The van der Waals surface area contributed by atoms with Crippen LogP contribution in [0.1, 0.15) is 0 Å². The quantitative estimate of drug-likeness (QED) is 0.366. The van der Waals surface area contributed by atoms with Crippen molar-refractivity contribution in [1.82, 2.24) is 14.5 Å².